The van der Waals surface area contributed by atoms with Gasteiger partial charge in [-0.05, 0) is 23.2 Å². The van der Waals surface area contributed by atoms with Gasteiger partial charge in [0.1, 0.15) is 0 Å². The second kappa shape index (κ2) is 9.70. The van der Waals surface area contributed by atoms with Gasteiger partial charge in [0, 0.05) is 6.54 Å². The molecule has 0 aromatic heterocycles. The zero-order valence-electron chi connectivity index (χ0n) is 15.7. The summed E-state index contributed by atoms with van der Waals surface area (Å²) in [6.07, 6.45) is 0. The fourth-order valence-corrected chi connectivity index (χ4v) is 3.18. The highest BCUT2D eigenvalue weighted by atomic mass is 16.2. The Morgan fingerprint density at radius 2 is 1.30 bits per heavy atom. The van der Waals surface area contributed by atoms with E-state index in [1.807, 2.05) is 54.6 Å². The Hall–Kier alpha value is -2.91. The van der Waals surface area contributed by atoms with Crippen LogP contribution in [-0.2, 0) is 11.3 Å². The number of carbonyl (C=O) groups excluding carboxylic acids is 1. The lowest BCUT2D eigenvalue weighted by Gasteiger charge is -2.24. The minimum atomic E-state index is -0.143. The van der Waals surface area contributed by atoms with E-state index in [1.165, 1.54) is 5.56 Å². The van der Waals surface area contributed by atoms with Crippen molar-refractivity contribution in [2.45, 2.75) is 19.5 Å². The van der Waals surface area contributed by atoms with Crippen molar-refractivity contribution in [3.63, 3.8) is 0 Å². The van der Waals surface area contributed by atoms with E-state index < -0.39 is 0 Å². The second-order valence-corrected chi connectivity index (χ2v) is 6.61. The molecule has 3 rings (SSSR count). The summed E-state index contributed by atoms with van der Waals surface area (Å²) in [7, 11) is 0. The van der Waals surface area contributed by atoms with Crippen molar-refractivity contribution in [1.29, 1.82) is 0 Å². The third-order valence-electron chi connectivity index (χ3n) is 4.63. The first-order chi connectivity index (χ1) is 13.3. The molecule has 3 heteroatoms. The first-order valence-corrected chi connectivity index (χ1v) is 9.42. The third kappa shape index (κ3) is 5.53. The molecule has 0 atom stereocenters. The standard InChI is InChI=1S/C24H26N2O/c1-2-26(18-20-12-6-3-7-13-20)19-23(27)25-24(21-14-8-4-9-15-21)22-16-10-5-11-17-22/h3-17,24H,2,18-19H2,1H3,(H,25,27). The predicted molar refractivity (Wildman–Crippen MR) is 110 cm³/mol. The SMILES string of the molecule is CCN(CC(=O)NC(c1ccccc1)c1ccccc1)Cc1ccccc1. The third-order valence-corrected chi connectivity index (χ3v) is 4.63. The maximum Gasteiger partial charge on any atom is 0.234 e. The van der Waals surface area contributed by atoms with E-state index in [1.54, 1.807) is 0 Å². The molecule has 0 unspecified atom stereocenters. The van der Waals surface area contributed by atoms with Crippen LogP contribution >= 0.6 is 0 Å². The van der Waals surface area contributed by atoms with Gasteiger partial charge in [0.2, 0.25) is 5.91 Å². The van der Waals surface area contributed by atoms with Gasteiger partial charge in [-0.1, -0.05) is 97.9 Å². The molecule has 0 spiro atoms. The summed E-state index contributed by atoms with van der Waals surface area (Å²) in [5.41, 5.74) is 3.39. The Bertz CT molecular complexity index is 779. The van der Waals surface area contributed by atoms with E-state index in [4.69, 9.17) is 0 Å². The lowest BCUT2D eigenvalue weighted by molar-refractivity contribution is -0.122. The van der Waals surface area contributed by atoms with Crippen molar-refractivity contribution in [3.05, 3.63) is 108 Å². The number of benzene rings is 3. The van der Waals surface area contributed by atoms with Gasteiger partial charge in [0.15, 0.2) is 0 Å². The zero-order chi connectivity index (χ0) is 18.9. The normalized spacial score (nSPS) is 10.9. The molecule has 0 heterocycles. The fraction of sp³-hybridized carbons (Fsp3) is 0.208. The van der Waals surface area contributed by atoms with Crippen molar-refractivity contribution >= 4 is 5.91 Å². The lowest BCUT2D eigenvalue weighted by Crippen LogP contribution is -2.39. The lowest BCUT2D eigenvalue weighted by atomic mass is 9.99. The second-order valence-electron chi connectivity index (χ2n) is 6.61. The van der Waals surface area contributed by atoms with E-state index in [0.717, 1.165) is 24.2 Å². The van der Waals surface area contributed by atoms with E-state index in [0.29, 0.717) is 6.54 Å². The van der Waals surface area contributed by atoms with Crippen LogP contribution in [0.3, 0.4) is 0 Å². The minimum Gasteiger partial charge on any atom is -0.344 e. The van der Waals surface area contributed by atoms with Gasteiger partial charge in [-0.25, -0.2) is 0 Å². The molecule has 1 amide bonds. The van der Waals surface area contributed by atoms with E-state index in [2.05, 4.69) is 53.5 Å². The molecule has 3 aromatic rings. The molecular weight excluding hydrogens is 332 g/mol. The van der Waals surface area contributed by atoms with Crippen LogP contribution in [0.4, 0.5) is 0 Å². The topological polar surface area (TPSA) is 32.3 Å². The van der Waals surface area contributed by atoms with Crippen molar-refractivity contribution in [2.24, 2.45) is 0 Å². The van der Waals surface area contributed by atoms with Crippen LogP contribution in [0.5, 0.6) is 0 Å². The van der Waals surface area contributed by atoms with Gasteiger partial charge in [-0.2, -0.15) is 0 Å². The molecule has 0 fully saturated rings. The Morgan fingerprint density at radius 3 is 1.78 bits per heavy atom. The molecule has 0 aliphatic carbocycles. The van der Waals surface area contributed by atoms with Crippen LogP contribution < -0.4 is 5.32 Å². The van der Waals surface area contributed by atoms with Gasteiger partial charge in [0.05, 0.1) is 12.6 Å². The number of likely N-dealkylation sites (N-methyl/N-ethyl adjacent to an activating group) is 1. The highest BCUT2D eigenvalue weighted by Crippen LogP contribution is 2.21. The summed E-state index contributed by atoms with van der Waals surface area (Å²) in [4.78, 5) is 15.0. The maximum atomic E-state index is 12.8. The minimum absolute atomic E-state index is 0.0329. The molecule has 0 bridgehead atoms. The van der Waals surface area contributed by atoms with Crippen LogP contribution in [0, 0.1) is 0 Å². The molecule has 0 saturated carbocycles. The average molecular weight is 358 g/mol. The van der Waals surface area contributed by atoms with Gasteiger partial charge in [0.25, 0.3) is 0 Å². The van der Waals surface area contributed by atoms with Crippen molar-refractivity contribution in [3.8, 4) is 0 Å². The number of nitrogens with zero attached hydrogens (tertiary/aromatic N) is 1. The summed E-state index contributed by atoms with van der Waals surface area (Å²) >= 11 is 0. The van der Waals surface area contributed by atoms with Crippen LogP contribution in [0.1, 0.15) is 29.7 Å². The van der Waals surface area contributed by atoms with Crippen molar-refractivity contribution in [2.75, 3.05) is 13.1 Å². The molecule has 3 aromatic carbocycles. The number of nitrogens with one attached hydrogen (secondary N) is 1. The number of hydrogen-bond acceptors (Lipinski definition) is 2. The Labute approximate surface area is 161 Å². The monoisotopic (exact) mass is 358 g/mol. The van der Waals surface area contributed by atoms with E-state index in [-0.39, 0.29) is 11.9 Å². The molecule has 0 radical (unpaired) electrons. The summed E-state index contributed by atoms with van der Waals surface area (Å²) in [6.45, 7) is 4.05. The zero-order valence-corrected chi connectivity index (χ0v) is 15.7. The van der Waals surface area contributed by atoms with Gasteiger partial charge < -0.3 is 5.32 Å². The molecular formula is C24H26N2O. The summed E-state index contributed by atoms with van der Waals surface area (Å²) in [6, 6.07) is 30.3. The molecule has 27 heavy (non-hydrogen) atoms. The maximum absolute atomic E-state index is 12.8. The smallest absolute Gasteiger partial charge is 0.234 e. The largest absolute Gasteiger partial charge is 0.344 e. The van der Waals surface area contributed by atoms with Gasteiger partial charge >= 0.3 is 0 Å². The molecule has 0 saturated heterocycles. The number of amides is 1. The molecule has 0 aliphatic heterocycles. The number of rotatable bonds is 8. The number of carbonyl (C=O) groups is 1. The Balaban J connectivity index is 1.70. The first-order valence-electron chi connectivity index (χ1n) is 9.42. The summed E-state index contributed by atoms with van der Waals surface area (Å²) in [5.74, 6) is 0.0329. The van der Waals surface area contributed by atoms with Crippen LogP contribution in [-0.4, -0.2) is 23.9 Å². The molecule has 1 N–H and O–H groups in total. The van der Waals surface area contributed by atoms with Crippen molar-refractivity contribution in [1.82, 2.24) is 10.2 Å². The predicted octanol–water partition coefficient (Wildman–Crippen LogP) is 4.41. The van der Waals surface area contributed by atoms with Gasteiger partial charge in [-0.15, -0.1) is 0 Å². The molecule has 0 aliphatic rings. The highest BCUT2D eigenvalue weighted by Gasteiger charge is 2.18. The average Bonchev–Trinajstić information content (AvgIpc) is 2.73. The Morgan fingerprint density at radius 1 is 0.815 bits per heavy atom. The first kappa shape index (κ1) is 18.9. The van der Waals surface area contributed by atoms with Crippen LogP contribution in [0.2, 0.25) is 0 Å². The Kier molecular flexibility index (Phi) is 6.78. The van der Waals surface area contributed by atoms with Crippen molar-refractivity contribution < 1.29 is 4.79 Å². The van der Waals surface area contributed by atoms with Gasteiger partial charge in [-0.3, -0.25) is 9.69 Å². The quantitative estimate of drug-likeness (QED) is 0.647. The molecule has 3 nitrogen and oxygen atoms in total. The van der Waals surface area contributed by atoms with E-state index in [9.17, 15) is 4.79 Å². The van der Waals surface area contributed by atoms with Crippen LogP contribution in [0.15, 0.2) is 91.0 Å². The summed E-state index contributed by atoms with van der Waals surface area (Å²) < 4.78 is 0. The fourth-order valence-electron chi connectivity index (χ4n) is 3.18. The highest BCUT2D eigenvalue weighted by molar-refractivity contribution is 5.79. The van der Waals surface area contributed by atoms with Crippen LogP contribution in [0.25, 0.3) is 0 Å². The number of hydrogen-bond donors (Lipinski definition) is 1. The molecule has 138 valence electrons. The summed E-state index contributed by atoms with van der Waals surface area (Å²) in [5, 5.41) is 3.22. The van der Waals surface area contributed by atoms with E-state index >= 15 is 0 Å².